The fraction of sp³-hybridized carbons (Fsp3) is 0.467. The first-order valence-electron chi connectivity index (χ1n) is 7.39. The van der Waals surface area contributed by atoms with Crippen LogP contribution >= 0.6 is 0 Å². The molecule has 126 valence electrons. The molecule has 0 aromatic heterocycles. The third kappa shape index (κ3) is 5.24. The molecule has 0 saturated heterocycles. The van der Waals surface area contributed by atoms with Crippen molar-refractivity contribution in [2.24, 2.45) is 0 Å². The Labute approximate surface area is 135 Å². The smallest absolute Gasteiger partial charge is 0.315 e. The van der Waals surface area contributed by atoms with Gasteiger partial charge in [-0.3, -0.25) is 4.79 Å². The van der Waals surface area contributed by atoms with Crippen molar-refractivity contribution in [1.29, 1.82) is 0 Å². The average Bonchev–Trinajstić information content (AvgIpc) is 2.45. The van der Waals surface area contributed by atoms with E-state index in [9.17, 15) is 18.0 Å². The second kappa shape index (κ2) is 6.99. The van der Waals surface area contributed by atoms with E-state index in [2.05, 4.69) is 16.0 Å². The fourth-order valence-corrected chi connectivity index (χ4v) is 2.83. The van der Waals surface area contributed by atoms with E-state index in [1.807, 2.05) is 25.1 Å². The minimum atomic E-state index is -3.09. The van der Waals surface area contributed by atoms with E-state index in [0.29, 0.717) is 12.8 Å². The number of amides is 3. The predicted molar refractivity (Wildman–Crippen MR) is 88.1 cm³/mol. The third-order valence-electron chi connectivity index (χ3n) is 3.63. The van der Waals surface area contributed by atoms with Crippen LogP contribution in [0.4, 0.5) is 10.5 Å². The summed E-state index contributed by atoms with van der Waals surface area (Å²) in [6.45, 7) is 1.92. The quantitative estimate of drug-likeness (QED) is 0.743. The molecule has 1 aromatic carbocycles. The number of aryl methyl sites for hydroxylation is 1. The van der Waals surface area contributed by atoms with Crippen LogP contribution in [0.3, 0.4) is 0 Å². The molecule has 0 radical (unpaired) electrons. The Morgan fingerprint density at radius 3 is 2.78 bits per heavy atom. The molecule has 3 N–H and O–H groups in total. The maximum absolute atomic E-state index is 11.8. The van der Waals surface area contributed by atoms with Gasteiger partial charge in [-0.15, -0.1) is 0 Å². The molecule has 1 aromatic rings. The van der Waals surface area contributed by atoms with E-state index in [0.717, 1.165) is 23.1 Å². The summed E-state index contributed by atoms with van der Waals surface area (Å²) in [5.41, 5.74) is 2.79. The summed E-state index contributed by atoms with van der Waals surface area (Å²) in [7, 11) is -3.09. The lowest BCUT2D eigenvalue weighted by atomic mass is 9.98. The van der Waals surface area contributed by atoms with Crippen molar-refractivity contribution in [3.63, 3.8) is 0 Å². The molecule has 0 unspecified atom stereocenters. The molecule has 0 bridgehead atoms. The summed E-state index contributed by atoms with van der Waals surface area (Å²) in [6, 6.07) is 5.02. The highest BCUT2D eigenvalue weighted by Crippen LogP contribution is 2.25. The minimum Gasteiger partial charge on any atom is -0.337 e. The summed E-state index contributed by atoms with van der Waals surface area (Å²) in [4.78, 5) is 23.1. The van der Waals surface area contributed by atoms with E-state index < -0.39 is 15.9 Å². The minimum absolute atomic E-state index is 0.0154. The monoisotopic (exact) mass is 339 g/mol. The van der Waals surface area contributed by atoms with Crippen molar-refractivity contribution in [3.05, 3.63) is 29.3 Å². The molecule has 0 spiro atoms. The average molecular weight is 339 g/mol. The number of sulfone groups is 1. The first-order valence-corrected chi connectivity index (χ1v) is 9.45. The fourth-order valence-electron chi connectivity index (χ4n) is 2.35. The standard InChI is InChI=1S/C15H21N3O4S/c1-10(17-15(20)16-7-8-23(2,21)22)11-3-5-13-12(9-11)4-6-14(19)18-13/h3,5,9-10H,4,6-8H2,1-2H3,(H,18,19)(H2,16,17,20)/t10-/m1/s1. The number of anilines is 1. The van der Waals surface area contributed by atoms with Crippen LogP contribution in [0.2, 0.25) is 0 Å². The third-order valence-corrected chi connectivity index (χ3v) is 4.58. The van der Waals surface area contributed by atoms with Crippen LogP contribution in [-0.4, -0.2) is 38.9 Å². The molecule has 7 nitrogen and oxygen atoms in total. The summed E-state index contributed by atoms with van der Waals surface area (Å²) >= 11 is 0. The largest absolute Gasteiger partial charge is 0.337 e. The number of nitrogens with one attached hydrogen (secondary N) is 3. The summed E-state index contributed by atoms with van der Waals surface area (Å²) in [6.07, 6.45) is 2.27. The molecular weight excluding hydrogens is 318 g/mol. The highest BCUT2D eigenvalue weighted by Gasteiger charge is 2.17. The maximum Gasteiger partial charge on any atom is 0.315 e. The topological polar surface area (TPSA) is 104 Å². The lowest BCUT2D eigenvalue weighted by molar-refractivity contribution is -0.116. The van der Waals surface area contributed by atoms with Gasteiger partial charge in [0.25, 0.3) is 0 Å². The maximum atomic E-state index is 11.8. The lowest BCUT2D eigenvalue weighted by Crippen LogP contribution is -2.39. The van der Waals surface area contributed by atoms with Crippen LogP contribution in [-0.2, 0) is 21.1 Å². The van der Waals surface area contributed by atoms with Crippen molar-refractivity contribution in [2.45, 2.75) is 25.8 Å². The van der Waals surface area contributed by atoms with Crippen LogP contribution < -0.4 is 16.0 Å². The summed E-state index contributed by atoms with van der Waals surface area (Å²) in [5, 5.41) is 8.10. The SMILES string of the molecule is C[C@@H](NC(=O)NCCS(C)(=O)=O)c1ccc2c(c1)CCC(=O)N2. The van der Waals surface area contributed by atoms with Crippen LogP contribution in [0.1, 0.15) is 30.5 Å². The zero-order chi connectivity index (χ0) is 17.0. The second-order valence-corrected chi connectivity index (χ2v) is 7.98. The van der Waals surface area contributed by atoms with Gasteiger partial charge >= 0.3 is 6.03 Å². The van der Waals surface area contributed by atoms with E-state index in [1.165, 1.54) is 0 Å². The number of urea groups is 1. The van der Waals surface area contributed by atoms with E-state index in [4.69, 9.17) is 0 Å². The molecule has 1 heterocycles. The molecule has 8 heteroatoms. The van der Waals surface area contributed by atoms with Crippen molar-refractivity contribution >= 4 is 27.5 Å². The van der Waals surface area contributed by atoms with Gasteiger partial charge in [-0.2, -0.15) is 0 Å². The van der Waals surface area contributed by atoms with Gasteiger partial charge in [-0.25, -0.2) is 13.2 Å². The molecule has 1 aliphatic rings. The van der Waals surface area contributed by atoms with Gasteiger partial charge in [0.05, 0.1) is 11.8 Å². The van der Waals surface area contributed by atoms with E-state index in [1.54, 1.807) is 0 Å². The number of hydrogen-bond acceptors (Lipinski definition) is 4. The van der Waals surface area contributed by atoms with Crippen LogP contribution in [0.5, 0.6) is 0 Å². The zero-order valence-electron chi connectivity index (χ0n) is 13.2. The molecule has 3 amide bonds. The van der Waals surface area contributed by atoms with Crippen molar-refractivity contribution < 1.29 is 18.0 Å². The number of carbonyl (C=O) groups is 2. The Morgan fingerprint density at radius 2 is 2.09 bits per heavy atom. The molecule has 0 saturated carbocycles. The van der Waals surface area contributed by atoms with Crippen LogP contribution in [0, 0.1) is 0 Å². The van der Waals surface area contributed by atoms with Gasteiger partial charge in [0.1, 0.15) is 9.84 Å². The van der Waals surface area contributed by atoms with Crippen LogP contribution in [0.15, 0.2) is 18.2 Å². The zero-order valence-corrected chi connectivity index (χ0v) is 14.0. The Kier molecular flexibility index (Phi) is 5.25. The first-order chi connectivity index (χ1) is 10.7. The number of benzene rings is 1. The molecular formula is C15H21N3O4S. The Bertz CT molecular complexity index is 715. The van der Waals surface area contributed by atoms with Gasteiger partial charge in [0.2, 0.25) is 5.91 Å². The molecule has 1 aliphatic heterocycles. The van der Waals surface area contributed by atoms with Crippen LogP contribution in [0.25, 0.3) is 0 Å². The highest BCUT2D eigenvalue weighted by atomic mass is 32.2. The van der Waals surface area contributed by atoms with E-state index >= 15 is 0 Å². The van der Waals surface area contributed by atoms with E-state index in [-0.39, 0.29) is 24.2 Å². The molecule has 23 heavy (non-hydrogen) atoms. The van der Waals surface area contributed by atoms with Gasteiger partial charge in [0.15, 0.2) is 0 Å². The van der Waals surface area contributed by atoms with Gasteiger partial charge in [-0.05, 0) is 30.5 Å². The molecule has 1 atom stereocenters. The highest BCUT2D eigenvalue weighted by molar-refractivity contribution is 7.90. The first kappa shape index (κ1) is 17.3. The summed E-state index contributed by atoms with van der Waals surface area (Å²) < 4.78 is 22.0. The Hall–Kier alpha value is -2.09. The number of fused-ring (bicyclic) bond motifs is 1. The van der Waals surface area contributed by atoms with Crippen molar-refractivity contribution in [3.8, 4) is 0 Å². The lowest BCUT2D eigenvalue weighted by Gasteiger charge is -2.20. The van der Waals surface area contributed by atoms with Crippen molar-refractivity contribution in [1.82, 2.24) is 10.6 Å². The number of hydrogen-bond donors (Lipinski definition) is 3. The summed E-state index contributed by atoms with van der Waals surface area (Å²) in [5.74, 6) is -0.0745. The molecule has 2 rings (SSSR count). The molecule has 0 fully saturated rings. The van der Waals surface area contributed by atoms with Gasteiger partial charge in [-0.1, -0.05) is 12.1 Å². The number of carbonyl (C=O) groups excluding carboxylic acids is 2. The molecule has 0 aliphatic carbocycles. The van der Waals surface area contributed by atoms with Crippen molar-refractivity contribution in [2.75, 3.05) is 23.9 Å². The normalized spacial score (nSPS) is 15.3. The van der Waals surface area contributed by atoms with Gasteiger partial charge in [0, 0.05) is 24.9 Å². The number of rotatable bonds is 5. The van der Waals surface area contributed by atoms with Gasteiger partial charge < -0.3 is 16.0 Å². The Morgan fingerprint density at radius 1 is 1.35 bits per heavy atom. The second-order valence-electron chi connectivity index (χ2n) is 5.72. The Balaban J connectivity index is 1.92. The predicted octanol–water partition coefficient (Wildman–Crippen LogP) is 0.976.